The molecule has 0 aromatic carbocycles. The molecule has 1 aliphatic rings. The molecule has 2 heteroatoms. The average molecular weight is 171 g/mol. The molecule has 0 aromatic heterocycles. The maximum absolute atomic E-state index is 5.46. The van der Waals surface area contributed by atoms with E-state index in [2.05, 4.69) is 12.2 Å². The molecule has 1 aliphatic heterocycles. The maximum Gasteiger partial charge on any atom is 0.0469 e. The fraction of sp³-hybridized carbons (Fsp3) is 1.00. The Labute approximate surface area is 75.7 Å². The molecule has 0 bridgehead atoms. The van der Waals surface area contributed by atoms with Crippen LogP contribution in [0.1, 0.15) is 32.6 Å². The molecule has 1 saturated heterocycles. The maximum atomic E-state index is 5.46. The summed E-state index contributed by atoms with van der Waals surface area (Å²) in [4.78, 5) is 0. The summed E-state index contributed by atoms with van der Waals surface area (Å²) < 4.78 is 5.46. The van der Waals surface area contributed by atoms with E-state index in [1.807, 2.05) is 0 Å². The third kappa shape index (κ3) is 4.07. The summed E-state index contributed by atoms with van der Waals surface area (Å²) in [5.41, 5.74) is 0. The van der Waals surface area contributed by atoms with Crippen LogP contribution in [-0.2, 0) is 4.74 Å². The fourth-order valence-corrected chi connectivity index (χ4v) is 1.67. The minimum absolute atomic E-state index is 0.871. The van der Waals surface area contributed by atoms with Crippen molar-refractivity contribution in [2.45, 2.75) is 32.6 Å². The predicted octanol–water partition coefficient (Wildman–Crippen LogP) is 1.80. The molecule has 2 nitrogen and oxygen atoms in total. The number of piperidine rings is 1. The molecule has 0 spiro atoms. The number of nitrogens with one attached hydrogen (secondary N) is 1. The summed E-state index contributed by atoms with van der Waals surface area (Å²) in [6.07, 6.45) is 5.12. The Morgan fingerprint density at radius 2 is 2.33 bits per heavy atom. The Hall–Kier alpha value is -0.0800. The van der Waals surface area contributed by atoms with Gasteiger partial charge in [0, 0.05) is 13.2 Å². The minimum atomic E-state index is 0.871. The van der Waals surface area contributed by atoms with Gasteiger partial charge in [-0.2, -0.15) is 0 Å². The van der Waals surface area contributed by atoms with Gasteiger partial charge < -0.3 is 10.1 Å². The van der Waals surface area contributed by atoms with E-state index < -0.39 is 0 Å². The van der Waals surface area contributed by atoms with Crippen LogP contribution in [0, 0.1) is 5.92 Å². The molecule has 0 saturated carbocycles. The Bertz CT molecular complexity index is 100. The molecule has 12 heavy (non-hydrogen) atoms. The first-order chi connectivity index (χ1) is 5.93. The van der Waals surface area contributed by atoms with Crippen LogP contribution in [-0.4, -0.2) is 26.3 Å². The van der Waals surface area contributed by atoms with Crippen molar-refractivity contribution in [3.63, 3.8) is 0 Å². The Morgan fingerprint density at radius 3 is 3.00 bits per heavy atom. The summed E-state index contributed by atoms with van der Waals surface area (Å²) in [6.45, 7) is 6.46. The molecule has 1 N–H and O–H groups in total. The second kappa shape index (κ2) is 6.44. The van der Waals surface area contributed by atoms with Gasteiger partial charge in [0.25, 0.3) is 0 Å². The van der Waals surface area contributed by atoms with E-state index in [0.717, 1.165) is 25.6 Å². The van der Waals surface area contributed by atoms with E-state index in [4.69, 9.17) is 4.74 Å². The molecule has 0 radical (unpaired) electrons. The molecule has 0 unspecified atom stereocenters. The molecule has 72 valence electrons. The average Bonchev–Trinajstić information content (AvgIpc) is 2.14. The van der Waals surface area contributed by atoms with Crippen LogP contribution in [0.5, 0.6) is 0 Å². The predicted molar refractivity (Wildman–Crippen MR) is 51.3 cm³/mol. The molecular formula is C10H21NO. The highest BCUT2D eigenvalue weighted by molar-refractivity contribution is 4.68. The van der Waals surface area contributed by atoms with Crippen LogP contribution in [0.4, 0.5) is 0 Å². The second-order valence-electron chi connectivity index (χ2n) is 3.61. The minimum Gasteiger partial charge on any atom is -0.381 e. The zero-order valence-corrected chi connectivity index (χ0v) is 8.14. The molecular weight excluding hydrogens is 150 g/mol. The molecule has 1 fully saturated rings. The van der Waals surface area contributed by atoms with Crippen molar-refractivity contribution in [1.82, 2.24) is 5.32 Å². The van der Waals surface area contributed by atoms with E-state index in [-0.39, 0.29) is 0 Å². The van der Waals surface area contributed by atoms with Gasteiger partial charge in [-0.1, -0.05) is 6.92 Å². The van der Waals surface area contributed by atoms with Gasteiger partial charge in [-0.05, 0) is 44.7 Å². The summed E-state index contributed by atoms with van der Waals surface area (Å²) in [5.74, 6) is 0.871. The first kappa shape index (κ1) is 10.0. The first-order valence-electron chi connectivity index (χ1n) is 5.22. The van der Waals surface area contributed by atoms with Crippen LogP contribution < -0.4 is 5.32 Å². The van der Waals surface area contributed by atoms with E-state index in [0.29, 0.717) is 0 Å². The van der Waals surface area contributed by atoms with Crippen LogP contribution in [0.15, 0.2) is 0 Å². The zero-order valence-electron chi connectivity index (χ0n) is 8.14. The van der Waals surface area contributed by atoms with Crippen LogP contribution >= 0.6 is 0 Å². The quantitative estimate of drug-likeness (QED) is 0.637. The smallest absolute Gasteiger partial charge is 0.0469 e. The van der Waals surface area contributed by atoms with E-state index in [1.54, 1.807) is 0 Å². The topological polar surface area (TPSA) is 21.3 Å². The third-order valence-electron chi connectivity index (χ3n) is 2.42. The lowest BCUT2D eigenvalue weighted by Crippen LogP contribution is -2.30. The lowest BCUT2D eigenvalue weighted by Gasteiger charge is -2.22. The molecule has 1 rings (SSSR count). The Kier molecular flexibility index (Phi) is 5.37. The van der Waals surface area contributed by atoms with E-state index >= 15 is 0 Å². The largest absolute Gasteiger partial charge is 0.381 e. The second-order valence-corrected chi connectivity index (χ2v) is 3.61. The zero-order chi connectivity index (χ0) is 8.65. The normalized spacial score (nSPS) is 24.2. The summed E-state index contributed by atoms with van der Waals surface area (Å²) >= 11 is 0. The molecule has 1 atom stereocenters. The van der Waals surface area contributed by atoms with Crippen molar-refractivity contribution in [1.29, 1.82) is 0 Å². The standard InChI is InChI=1S/C10H21NO/c1-2-7-12-8-5-10-4-3-6-11-9-10/h10-11H,2-9H2,1H3/t10-/m1/s1. The number of ether oxygens (including phenoxy) is 1. The van der Waals surface area contributed by atoms with Crippen LogP contribution in [0.25, 0.3) is 0 Å². The van der Waals surface area contributed by atoms with Gasteiger partial charge in [0.1, 0.15) is 0 Å². The Morgan fingerprint density at radius 1 is 1.42 bits per heavy atom. The fourth-order valence-electron chi connectivity index (χ4n) is 1.67. The van der Waals surface area contributed by atoms with E-state index in [9.17, 15) is 0 Å². The van der Waals surface area contributed by atoms with Crippen LogP contribution in [0.2, 0.25) is 0 Å². The first-order valence-corrected chi connectivity index (χ1v) is 5.22. The Balaban J connectivity index is 1.91. The summed E-state index contributed by atoms with van der Waals surface area (Å²) in [7, 11) is 0. The van der Waals surface area contributed by atoms with Crippen LogP contribution in [0.3, 0.4) is 0 Å². The molecule has 1 heterocycles. The van der Waals surface area contributed by atoms with Gasteiger partial charge in [0.15, 0.2) is 0 Å². The van der Waals surface area contributed by atoms with Gasteiger partial charge in [-0.3, -0.25) is 0 Å². The lowest BCUT2D eigenvalue weighted by molar-refractivity contribution is 0.116. The highest BCUT2D eigenvalue weighted by atomic mass is 16.5. The van der Waals surface area contributed by atoms with Gasteiger partial charge in [-0.15, -0.1) is 0 Å². The lowest BCUT2D eigenvalue weighted by atomic mass is 9.97. The van der Waals surface area contributed by atoms with Crippen molar-refractivity contribution < 1.29 is 4.74 Å². The summed E-state index contributed by atoms with van der Waals surface area (Å²) in [6, 6.07) is 0. The van der Waals surface area contributed by atoms with Gasteiger partial charge in [0.2, 0.25) is 0 Å². The number of hydrogen-bond acceptors (Lipinski definition) is 2. The molecule has 0 amide bonds. The summed E-state index contributed by atoms with van der Waals surface area (Å²) in [5, 5.41) is 3.42. The van der Waals surface area contributed by atoms with Crippen molar-refractivity contribution in [3.8, 4) is 0 Å². The molecule has 0 aromatic rings. The number of hydrogen-bond donors (Lipinski definition) is 1. The van der Waals surface area contributed by atoms with Gasteiger partial charge >= 0.3 is 0 Å². The SMILES string of the molecule is CCCOCC[C@H]1CCCNC1. The van der Waals surface area contributed by atoms with Crippen molar-refractivity contribution in [3.05, 3.63) is 0 Å². The highest BCUT2D eigenvalue weighted by Crippen LogP contribution is 2.13. The van der Waals surface area contributed by atoms with Gasteiger partial charge in [0.05, 0.1) is 0 Å². The van der Waals surface area contributed by atoms with E-state index in [1.165, 1.54) is 32.4 Å². The monoisotopic (exact) mass is 171 g/mol. The van der Waals surface area contributed by atoms with Crippen molar-refractivity contribution in [2.24, 2.45) is 5.92 Å². The van der Waals surface area contributed by atoms with Crippen molar-refractivity contribution in [2.75, 3.05) is 26.3 Å². The van der Waals surface area contributed by atoms with Gasteiger partial charge in [-0.25, -0.2) is 0 Å². The van der Waals surface area contributed by atoms with Crippen molar-refractivity contribution >= 4 is 0 Å². The third-order valence-corrected chi connectivity index (χ3v) is 2.42. The molecule has 0 aliphatic carbocycles. The highest BCUT2D eigenvalue weighted by Gasteiger charge is 2.11. The number of rotatable bonds is 5.